The molecule has 28 heavy (non-hydrogen) atoms. The summed E-state index contributed by atoms with van der Waals surface area (Å²) in [7, 11) is 0. The number of hydrogen-bond donors (Lipinski definition) is 0. The zero-order valence-electron chi connectivity index (χ0n) is 15.8. The van der Waals surface area contributed by atoms with Crippen LogP contribution >= 0.6 is 11.6 Å². The highest BCUT2D eigenvalue weighted by atomic mass is 35.5. The first kappa shape index (κ1) is 18.9. The van der Waals surface area contributed by atoms with Gasteiger partial charge in [-0.2, -0.15) is 0 Å². The topological polar surface area (TPSA) is 53.5 Å². The molecule has 1 aliphatic heterocycles. The summed E-state index contributed by atoms with van der Waals surface area (Å²) in [5, 5.41) is 0.615. The van der Waals surface area contributed by atoms with E-state index < -0.39 is 11.4 Å². The number of aromatic nitrogens is 1. The largest absolute Gasteiger partial charge is 0.322 e. The molecule has 1 saturated heterocycles. The highest BCUT2D eigenvalue weighted by Gasteiger charge is 2.59. The maximum Gasteiger partial charge on any atom is 0.254 e. The number of carbonyl (C=O) groups is 2. The van der Waals surface area contributed by atoms with E-state index in [0.717, 1.165) is 5.56 Å². The molecule has 2 aliphatic rings. The van der Waals surface area contributed by atoms with E-state index in [1.54, 1.807) is 24.0 Å². The first-order chi connectivity index (χ1) is 13.3. The molecular formula is C21H21ClFN3O2. The Morgan fingerprint density at radius 2 is 1.93 bits per heavy atom. The standard InChI is InChI=1S/C21H21ClFN3O2/c1-13-7-17(23)19(24-10-13)25-12-18(27)26(11-15-3-5-16(22)6-4-15)21(20(25)28)8-14(2)9-21/h3-7,10,14H,8-9,11-12H2,1-2H3. The molecule has 1 aromatic carbocycles. The lowest BCUT2D eigenvalue weighted by molar-refractivity contribution is -0.161. The van der Waals surface area contributed by atoms with Crippen molar-refractivity contribution in [3.8, 4) is 0 Å². The second-order valence-corrected chi connectivity index (χ2v) is 8.30. The molecule has 2 heterocycles. The van der Waals surface area contributed by atoms with Crippen LogP contribution in [0.25, 0.3) is 0 Å². The van der Waals surface area contributed by atoms with Gasteiger partial charge in [0, 0.05) is 17.8 Å². The second kappa shape index (κ2) is 6.85. The van der Waals surface area contributed by atoms with Gasteiger partial charge < -0.3 is 4.90 Å². The smallest absolute Gasteiger partial charge is 0.254 e. The van der Waals surface area contributed by atoms with Crippen LogP contribution in [0.4, 0.5) is 10.2 Å². The van der Waals surface area contributed by atoms with Gasteiger partial charge in [-0.15, -0.1) is 0 Å². The molecule has 0 N–H and O–H groups in total. The van der Waals surface area contributed by atoms with Crippen molar-refractivity contribution in [1.29, 1.82) is 0 Å². The molecule has 2 amide bonds. The molecule has 146 valence electrons. The Balaban J connectivity index is 1.68. The fourth-order valence-electron chi connectivity index (χ4n) is 4.29. The molecule has 4 rings (SSSR count). The van der Waals surface area contributed by atoms with Gasteiger partial charge >= 0.3 is 0 Å². The van der Waals surface area contributed by atoms with Gasteiger partial charge in [-0.25, -0.2) is 9.37 Å². The molecule has 1 spiro atoms. The van der Waals surface area contributed by atoms with Crippen molar-refractivity contribution in [2.45, 2.75) is 38.8 Å². The van der Waals surface area contributed by atoms with Crippen LogP contribution in [0.3, 0.4) is 0 Å². The van der Waals surface area contributed by atoms with Crippen LogP contribution in [0.5, 0.6) is 0 Å². The van der Waals surface area contributed by atoms with Crippen molar-refractivity contribution in [2.75, 3.05) is 11.4 Å². The molecule has 0 bridgehead atoms. The fraction of sp³-hybridized carbons (Fsp3) is 0.381. The van der Waals surface area contributed by atoms with Gasteiger partial charge in [0.05, 0.1) is 0 Å². The van der Waals surface area contributed by atoms with E-state index in [-0.39, 0.29) is 24.2 Å². The molecule has 5 nitrogen and oxygen atoms in total. The van der Waals surface area contributed by atoms with Crippen LogP contribution < -0.4 is 4.90 Å². The number of halogens is 2. The highest BCUT2D eigenvalue weighted by Crippen LogP contribution is 2.47. The summed E-state index contributed by atoms with van der Waals surface area (Å²) in [6.07, 6.45) is 2.64. The normalized spacial score (nSPS) is 24.6. The number of anilines is 1. The molecular weight excluding hydrogens is 381 g/mol. The molecule has 2 aromatic rings. The predicted octanol–water partition coefficient (Wildman–Crippen LogP) is 3.73. The Bertz CT molecular complexity index is 941. The summed E-state index contributed by atoms with van der Waals surface area (Å²) >= 11 is 5.95. The third-order valence-electron chi connectivity index (χ3n) is 5.59. The number of amides is 2. The minimum Gasteiger partial charge on any atom is -0.322 e. The number of nitrogens with zero attached hydrogens (tertiary/aromatic N) is 3. The van der Waals surface area contributed by atoms with Crippen molar-refractivity contribution in [3.63, 3.8) is 0 Å². The van der Waals surface area contributed by atoms with Crippen molar-refractivity contribution < 1.29 is 14.0 Å². The Morgan fingerprint density at radius 3 is 2.54 bits per heavy atom. The quantitative estimate of drug-likeness (QED) is 0.787. The lowest BCUT2D eigenvalue weighted by Crippen LogP contribution is -2.72. The van der Waals surface area contributed by atoms with Gasteiger partial charge in [0.2, 0.25) is 5.91 Å². The number of hydrogen-bond acceptors (Lipinski definition) is 3. The summed E-state index contributed by atoms with van der Waals surface area (Å²) < 4.78 is 14.5. The summed E-state index contributed by atoms with van der Waals surface area (Å²) in [5.41, 5.74) is 0.624. The lowest BCUT2D eigenvalue weighted by Gasteiger charge is -2.56. The molecule has 7 heteroatoms. The van der Waals surface area contributed by atoms with E-state index in [2.05, 4.69) is 4.98 Å². The molecule has 0 radical (unpaired) electrons. The van der Waals surface area contributed by atoms with Gasteiger partial charge in [0.25, 0.3) is 5.91 Å². The maximum atomic E-state index is 14.5. The third kappa shape index (κ3) is 3.05. The molecule has 1 aliphatic carbocycles. The Hall–Kier alpha value is -2.47. The van der Waals surface area contributed by atoms with Crippen molar-refractivity contribution in [3.05, 3.63) is 58.5 Å². The number of piperazine rings is 1. The minimum atomic E-state index is -0.937. The van der Waals surface area contributed by atoms with E-state index in [9.17, 15) is 14.0 Å². The second-order valence-electron chi connectivity index (χ2n) is 7.86. The first-order valence-corrected chi connectivity index (χ1v) is 9.67. The van der Waals surface area contributed by atoms with Gasteiger partial charge in [0.1, 0.15) is 12.1 Å². The Kier molecular flexibility index (Phi) is 4.62. The first-order valence-electron chi connectivity index (χ1n) is 9.29. The average Bonchev–Trinajstić information content (AvgIpc) is 2.62. The number of aryl methyl sites for hydroxylation is 1. The number of rotatable bonds is 3. The van der Waals surface area contributed by atoms with Gasteiger partial charge in [-0.05, 0) is 55.0 Å². The molecule has 2 fully saturated rings. The number of pyridine rings is 1. The van der Waals surface area contributed by atoms with Crippen LogP contribution in [0.15, 0.2) is 36.5 Å². The van der Waals surface area contributed by atoms with E-state index >= 15 is 0 Å². The number of benzene rings is 1. The van der Waals surface area contributed by atoms with Crippen molar-refractivity contribution in [1.82, 2.24) is 9.88 Å². The molecule has 0 unspecified atom stereocenters. The molecule has 1 aromatic heterocycles. The fourth-order valence-corrected chi connectivity index (χ4v) is 4.42. The summed E-state index contributed by atoms with van der Waals surface area (Å²) in [4.78, 5) is 33.4. The minimum absolute atomic E-state index is 0.0750. The van der Waals surface area contributed by atoms with Crippen LogP contribution in [-0.4, -0.2) is 33.8 Å². The third-order valence-corrected chi connectivity index (χ3v) is 5.85. The SMILES string of the molecule is Cc1cnc(N2CC(=O)N(Cc3ccc(Cl)cc3)C3(CC(C)C3)C2=O)c(F)c1. The number of carbonyl (C=O) groups excluding carboxylic acids is 2. The van der Waals surface area contributed by atoms with E-state index in [1.165, 1.54) is 17.2 Å². The van der Waals surface area contributed by atoms with Crippen LogP contribution in [0.2, 0.25) is 5.02 Å². The monoisotopic (exact) mass is 401 g/mol. The zero-order valence-corrected chi connectivity index (χ0v) is 16.5. The highest BCUT2D eigenvalue weighted by molar-refractivity contribution is 6.30. The van der Waals surface area contributed by atoms with Crippen LogP contribution in [-0.2, 0) is 16.1 Å². The Morgan fingerprint density at radius 1 is 1.25 bits per heavy atom. The molecule has 1 saturated carbocycles. The van der Waals surface area contributed by atoms with Gasteiger partial charge in [-0.3, -0.25) is 14.5 Å². The maximum absolute atomic E-state index is 14.5. The summed E-state index contributed by atoms with van der Waals surface area (Å²) in [6.45, 7) is 3.89. The van der Waals surface area contributed by atoms with Crippen LogP contribution in [0, 0.1) is 18.7 Å². The van der Waals surface area contributed by atoms with Gasteiger partial charge in [0.15, 0.2) is 11.6 Å². The van der Waals surface area contributed by atoms with Crippen molar-refractivity contribution in [2.24, 2.45) is 5.92 Å². The van der Waals surface area contributed by atoms with E-state index in [4.69, 9.17) is 11.6 Å². The zero-order chi connectivity index (χ0) is 20.1. The predicted molar refractivity (Wildman–Crippen MR) is 104 cm³/mol. The van der Waals surface area contributed by atoms with Gasteiger partial charge in [-0.1, -0.05) is 30.7 Å². The summed E-state index contributed by atoms with van der Waals surface area (Å²) in [5.74, 6) is -0.804. The summed E-state index contributed by atoms with van der Waals surface area (Å²) in [6, 6.07) is 8.56. The molecule has 0 atom stereocenters. The van der Waals surface area contributed by atoms with Crippen LogP contribution in [0.1, 0.15) is 30.9 Å². The lowest BCUT2D eigenvalue weighted by atomic mass is 9.66. The Labute approximate surface area is 168 Å². The van der Waals surface area contributed by atoms with E-state index in [1.807, 2.05) is 19.1 Å². The average molecular weight is 402 g/mol. The van der Waals surface area contributed by atoms with E-state index in [0.29, 0.717) is 35.9 Å². The van der Waals surface area contributed by atoms with Crippen molar-refractivity contribution >= 4 is 29.2 Å².